The Morgan fingerprint density at radius 3 is 2.49 bits per heavy atom. The first-order valence-corrected chi connectivity index (χ1v) is 18.1. The quantitative estimate of drug-likeness (QED) is 0.474. The van der Waals surface area contributed by atoms with E-state index < -0.39 is 56.7 Å². The average Bonchev–Trinajstić information content (AvgIpc) is 3.98. The van der Waals surface area contributed by atoms with E-state index in [1.54, 1.807) is 16.8 Å². The van der Waals surface area contributed by atoms with Crippen LogP contribution in [0.5, 0.6) is 0 Å². The zero-order valence-electron chi connectivity index (χ0n) is 26.4. The molecule has 3 saturated carbocycles. The Morgan fingerprint density at radius 2 is 1.70 bits per heavy atom. The van der Waals surface area contributed by atoms with Gasteiger partial charge in [-0.15, -0.1) is 0 Å². The lowest BCUT2D eigenvalue weighted by molar-refractivity contribution is -0.140. The molecule has 2 aliphatic heterocycles. The van der Waals surface area contributed by atoms with E-state index in [0.717, 1.165) is 41.6 Å². The van der Waals surface area contributed by atoms with E-state index in [1.165, 1.54) is 0 Å². The number of carbonyl (C=O) groups is 4. The van der Waals surface area contributed by atoms with Crippen LogP contribution >= 0.6 is 0 Å². The summed E-state index contributed by atoms with van der Waals surface area (Å²) in [6.45, 7) is 0.852. The maximum Gasteiger partial charge on any atom is 0.414 e. The number of rotatable bonds is 4. The van der Waals surface area contributed by atoms with Gasteiger partial charge in [0.2, 0.25) is 21.8 Å². The molecule has 0 unspecified atom stereocenters. The number of amides is 4. The number of benzene rings is 2. The van der Waals surface area contributed by atoms with Gasteiger partial charge in [-0.2, -0.15) is 0 Å². The molecule has 2 N–H and O–H groups in total. The topological polar surface area (TPSA) is 142 Å². The number of carbonyl (C=O) groups excluding carboxylic acids is 4. The Balaban J connectivity index is 1.12. The second kappa shape index (κ2) is 12.1. The van der Waals surface area contributed by atoms with Crippen molar-refractivity contribution in [1.29, 1.82) is 0 Å². The zero-order valence-corrected chi connectivity index (χ0v) is 27.2. The van der Waals surface area contributed by atoms with Crippen LogP contribution in [0.25, 0.3) is 11.1 Å². The van der Waals surface area contributed by atoms with Gasteiger partial charge in [-0.1, -0.05) is 54.6 Å². The number of fused-ring (bicyclic) bond motifs is 5. The highest BCUT2D eigenvalue weighted by atomic mass is 32.2. The van der Waals surface area contributed by atoms with Gasteiger partial charge in [-0.05, 0) is 68.6 Å². The molecule has 0 radical (unpaired) electrons. The Kier molecular flexibility index (Phi) is 8.10. The first-order valence-electron chi connectivity index (χ1n) is 16.5. The van der Waals surface area contributed by atoms with Crippen LogP contribution in [0.2, 0.25) is 0 Å². The van der Waals surface area contributed by atoms with E-state index >= 15 is 0 Å². The molecule has 0 spiro atoms. The molecule has 0 aromatic heterocycles. The summed E-state index contributed by atoms with van der Waals surface area (Å²) < 4.78 is 33.6. The summed E-state index contributed by atoms with van der Waals surface area (Å²) in [6.07, 6.45) is 6.43. The standard InChI is InChI=1S/C35H40N4O7S/c1-38-17-9-3-2-4-11-23-20-35(23,33(42)37-47(44,45)25-15-16-25)36-31(40)28-18-24(19-29(28)32(38)41)46-34(43)39-21-22-10-5-6-12-26(22)27-13-7-8-14-30(27)39/h4-8,10-14,23-25,28-29H,2-3,9,15-21H2,1H3,(H,36,40)(H,37,42)/b11-4-/t23-,24-,28-,29-,35-/m1/s1. The Hall–Kier alpha value is -4.19. The van der Waals surface area contributed by atoms with Crippen molar-refractivity contribution in [2.75, 3.05) is 18.5 Å². The Labute approximate surface area is 274 Å². The summed E-state index contributed by atoms with van der Waals surface area (Å²) in [5.74, 6) is -3.47. The number of nitrogens with zero attached hydrogens (tertiary/aromatic N) is 2. The minimum atomic E-state index is -3.83. The van der Waals surface area contributed by atoms with E-state index in [1.807, 2.05) is 60.7 Å². The first kappa shape index (κ1) is 31.4. The summed E-state index contributed by atoms with van der Waals surface area (Å²) in [4.78, 5) is 58.3. The van der Waals surface area contributed by atoms with Gasteiger partial charge >= 0.3 is 6.09 Å². The molecule has 47 heavy (non-hydrogen) atoms. The number of hydrogen-bond acceptors (Lipinski definition) is 7. The summed E-state index contributed by atoms with van der Waals surface area (Å²) >= 11 is 0. The van der Waals surface area contributed by atoms with Crippen molar-refractivity contribution in [2.24, 2.45) is 17.8 Å². The van der Waals surface area contributed by atoms with Crippen LogP contribution < -0.4 is 14.9 Å². The summed E-state index contributed by atoms with van der Waals surface area (Å²) in [5.41, 5.74) is 2.27. The van der Waals surface area contributed by atoms with Crippen LogP contribution in [-0.4, -0.2) is 67.6 Å². The molecule has 0 saturated heterocycles. The maximum atomic E-state index is 14.0. The Morgan fingerprint density at radius 1 is 0.979 bits per heavy atom. The highest BCUT2D eigenvalue weighted by Crippen LogP contribution is 2.47. The van der Waals surface area contributed by atoms with Gasteiger partial charge in [0.1, 0.15) is 11.6 Å². The lowest BCUT2D eigenvalue weighted by Gasteiger charge is -2.31. The number of sulfonamides is 1. The number of nitrogens with one attached hydrogen (secondary N) is 2. The second-order valence-corrected chi connectivity index (χ2v) is 15.5. The smallest absolute Gasteiger partial charge is 0.414 e. The molecule has 3 aliphatic carbocycles. The number of anilines is 1. The van der Waals surface area contributed by atoms with Crippen LogP contribution in [0.1, 0.15) is 56.9 Å². The average molecular weight is 661 g/mol. The predicted molar refractivity (Wildman–Crippen MR) is 174 cm³/mol. The third kappa shape index (κ3) is 6.03. The normalized spacial score (nSPS) is 29.6. The second-order valence-electron chi connectivity index (χ2n) is 13.6. The van der Waals surface area contributed by atoms with Gasteiger partial charge in [0.15, 0.2) is 0 Å². The van der Waals surface area contributed by atoms with E-state index in [0.29, 0.717) is 25.9 Å². The van der Waals surface area contributed by atoms with Gasteiger partial charge in [0.05, 0.1) is 29.3 Å². The van der Waals surface area contributed by atoms with Gasteiger partial charge in [-0.3, -0.25) is 24.0 Å². The number of para-hydroxylation sites is 1. The maximum absolute atomic E-state index is 14.0. The van der Waals surface area contributed by atoms with Crippen molar-refractivity contribution in [3.05, 3.63) is 66.2 Å². The minimum Gasteiger partial charge on any atom is -0.446 e. The van der Waals surface area contributed by atoms with E-state index in [4.69, 9.17) is 4.74 Å². The fourth-order valence-electron chi connectivity index (χ4n) is 7.37. The summed E-state index contributed by atoms with van der Waals surface area (Å²) in [6, 6.07) is 15.5. The SMILES string of the molecule is CN1CCCC/C=C\[C@@H]2C[C@@]2(C(=O)NS(=O)(=O)C2CC2)NC(=O)[C@@H]2C[C@@H](OC(=O)N3Cc4ccccc4-c4ccccc43)C[C@H]2C1=O. The van der Waals surface area contributed by atoms with Gasteiger partial charge < -0.3 is 15.0 Å². The molecule has 248 valence electrons. The Bertz CT molecular complexity index is 1760. The van der Waals surface area contributed by atoms with Gasteiger partial charge in [0.25, 0.3) is 5.91 Å². The first-order chi connectivity index (χ1) is 22.6. The van der Waals surface area contributed by atoms with E-state index in [-0.39, 0.29) is 31.1 Å². The molecular weight excluding hydrogens is 620 g/mol. The number of allylic oxidation sites excluding steroid dienone is 1. The van der Waals surface area contributed by atoms with Gasteiger partial charge in [0, 0.05) is 25.1 Å². The molecule has 2 heterocycles. The molecule has 0 bridgehead atoms. The highest BCUT2D eigenvalue weighted by Gasteiger charge is 2.62. The fraction of sp³-hybridized carbons (Fsp3) is 0.486. The molecule has 4 amide bonds. The van der Waals surface area contributed by atoms with Crippen molar-refractivity contribution in [3.8, 4) is 11.1 Å². The molecule has 2 aromatic rings. The van der Waals surface area contributed by atoms with E-state index in [9.17, 15) is 27.6 Å². The molecular formula is C35H40N4O7S. The van der Waals surface area contributed by atoms with Gasteiger partial charge in [-0.25, -0.2) is 13.2 Å². The largest absolute Gasteiger partial charge is 0.446 e. The fourth-order valence-corrected chi connectivity index (χ4v) is 8.74. The molecule has 5 atom stereocenters. The van der Waals surface area contributed by atoms with Crippen molar-refractivity contribution in [1.82, 2.24) is 14.9 Å². The summed E-state index contributed by atoms with van der Waals surface area (Å²) in [5, 5.41) is 2.29. The molecule has 3 fully saturated rings. The predicted octanol–water partition coefficient (Wildman–Crippen LogP) is 3.89. The number of ether oxygens (including phenoxy) is 1. The molecule has 5 aliphatic rings. The van der Waals surface area contributed by atoms with Crippen molar-refractivity contribution in [2.45, 2.75) is 74.8 Å². The van der Waals surface area contributed by atoms with Crippen molar-refractivity contribution < 1.29 is 32.3 Å². The van der Waals surface area contributed by atoms with Crippen LogP contribution in [0, 0.1) is 17.8 Å². The molecule has 2 aromatic carbocycles. The summed E-state index contributed by atoms with van der Waals surface area (Å²) in [7, 11) is -2.11. The minimum absolute atomic E-state index is 0.104. The highest BCUT2D eigenvalue weighted by molar-refractivity contribution is 7.91. The zero-order chi connectivity index (χ0) is 32.9. The molecule has 11 nitrogen and oxygen atoms in total. The van der Waals surface area contributed by atoms with Crippen LogP contribution in [-0.2, 0) is 35.7 Å². The van der Waals surface area contributed by atoms with E-state index in [2.05, 4.69) is 10.0 Å². The van der Waals surface area contributed by atoms with Crippen molar-refractivity contribution in [3.63, 3.8) is 0 Å². The lowest BCUT2D eigenvalue weighted by atomic mass is 9.93. The lowest BCUT2D eigenvalue weighted by Crippen LogP contribution is -2.54. The third-order valence-corrected chi connectivity index (χ3v) is 12.1. The van der Waals surface area contributed by atoms with Crippen LogP contribution in [0.15, 0.2) is 60.7 Å². The van der Waals surface area contributed by atoms with Crippen LogP contribution in [0.3, 0.4) is 0 Å². The number of hydrogen-bond donors (Lipinski definition) is 2. The monoisotopic (exact) mass is 660 g/mol. The molecule has 7 rings (SSSR count). The van der Waals surface area contributed by atoms with Crippen molar-refractivity contribution >= 4 is 39.5 Å². The van der Waals surface area contributed by atoms with Crippen LogP contribution in [0.4, 0.5) is 10.5 Å². The molecule has 12 heteroatoms. The third-order valence-electron chi connectivity index (χ3n) is 10.3.